The second kappa shape index (κ2) is 10.7. The quantitative estimate of drug-likeness (QED) is 0.496. The van der Waals surface area contributed by atoms with Gasteiger partial charge in [0.25, 0.3) is 0 Å². The van der Waals surface area contributed by atoms with Crippen molar-refractivity contribution in [2.24, 2.45) is 11.3 Å². The van der Waals surface area contributed by atoms with Crippen LogP contribution in [0.15, 0.2) is 23.3 Å². The SMILES string of the molecule is COC1CC(n2cc3c(C(F)(F)F)cc(CN4CC[C@H](F)C4)cn3c2=O)CC(C2(CC3NNCN3C)COC2)C1. The molecule has 0 bridgehead atoms. The first kappa shape index (κ1) is 28.1. The standard InChI is InChI=1S/C27H38F4N6O3/c1-34-16-32-33-24(34)9-26(14-40-15-26)18-6-20(8-21(7-18)39-2)36-13-23-22(27(29,30)31)5-17(11-37(23)25(36)38)10-35-4-3-19(28)12-35/h5,11,13,18-21,24,32-33H,3-4,6-10,12,14-16H2,1-2H3/t18?,19-,20?,21?,24?/m0/s1. The first-order chi connectivity index (χ1) is 19.1. The molecule has 2 aromatic rings. The zero-order valence-corrected chi connectivity index (χ0v) is 22.9. The number of rotatable bonds is 7. The van der Waals surface area contributed by atoms with Crippen LogP contribution in [0.3, 0.4) is 0 Å². The zero-order valence-electron chi connectivity index (χ0n) is 22.9. The van der Waals surface area contributed by atoms with Gasteiger partial charge in [-0.3, -0.25) is 18.8 Å². The number of hydrazine groups is 1. The molecular formula is C27H38F4N6O3. The molecular weight excluding hydrogens is 532 g/mol. The number of nitrogens with zero attached hydrogens (tertiary/aromatic N) is 4. The van der Waals surface area contributed by atoms with Crippen LogP contribution in [0.1, 0.15) is 49.3 Å². The van der Waals surface area contributed by atoms with Gasteiger partial charge in [0.15, 0.2) is 0 Å². The highest BCUT2D eigenvalue weighted by Gasteiger charge is 2.51. The van der Waals surface area contributed by atoms with Gasteiger partial charge in [-0.2, -0.15) is 13.2 Å². The Labute approximate surface area is 230 Å². The van der Waals surface area contributed by atoms with Crippen molar-refractivity contribution < 1.29 is 27.0 Å². The van der Waals surface area contributed by atoms with Gasteiger partial charge in [-0.1, -0.05) is 0 Å². The Morgan fingerprint density at radius 3 is 2.60 bits per heavy atom. The van der Waals surface area contributed by atoms with E-state index in [1.807, 2.05) is 7.05 Å². The molecule has 0 spiro atoms. The first-order valence-electron chi connectivity index (χ1n) is 14.1. The summed E-state index contributed by atoms with van der Waals surface area (Å²) in [5.74, 6) is 0.178. The molecule has 5 heterocycles. The summed E-state index contributed by atoms with van der Waals surface area (Å²) in [6.07, 6.45) is 0.484. The van der Waals surface area contributed by atoms with E-state index >= 15 is 0 Å². The molecule has 2 aromatic heterocycles. The highest BCUT2D eigenvalue weighted by Crippen LogP contribution is 2.50. The lowest BCUT2D eigenvalue weighted by Gasteiger charge is -2.52. The minimum atomic E-state index is -4.64. The fourth-order valence-corrected chi connectivity index (χ4v) is 7.17. The summed E-state index contributed by atoms with van der Waals surface area (Å²) in [6, 6.07) is 0.794. The molecule has 4 aliphatic rings. The summed E-state index contributed by atoms with van der Waals surface area (Å²) in [5, 5.41) is 0. The maximum atomic E-state index is 14.2. The van der Waals surface area contributed by atoms with Crippen LogP contribution in [0.5, 0.6) is 0 Å². The molecule has 40 heavy (non-hydrogen) atoms. The first-order valence-corrected chi connectivity index (χ1v) is 14.1. The van der Waals surface area contributed by atoms with Gasteiger partial charge in [0.2, 0.25) is 0 Å². The number of alkyl halides is 4. The van der Waals surface area contributed by atoms with Crippen LogP contribution >= 0.6 is 0 Å². The molecule has 1 aliphatic carbocycles. The van der Waals surface area contributed by atoms with Crippen LogP contribution in [0.2, 0.25) is 0 Å². The van der Waals surface area contributed by atoms with Crippen LogP contribution in [0.25, 0.3) is 5.52 Å². The summed E-state index contributed by atoms with van der Waals surface area (Å²) < 4.78 is 70.5. The van der Waals surface area contributed by atoms with E-state index in [0.29, 0.717) is 44.6 Å². The fourth-order valence-electron chi connectivity index (χ4n) is 7.17. The third kappa shape index (κ3) is 5.20. The topological polar surface area (TPSA) is 75.4 Å². The number of ether oxygens (including phenoxy) is 2. The second-order valence-electron chi connectivity index (χ2n) is 12.2. The summed E-state index contributed by atoms with van der Waals surface area (Å²) in [4.78, 5) is 17.7. The van der Waals surface area contributed by atoms with Gasteiger partial charge >= 0.3 is 11.9 Å². The molecule has 4 fully saturated rings. The molecule has 0 radical (unpaired) electrons. The lowest BCUT2D eigenvalue weighted by molar-refractivity contribution is -0.175. The van der Waals surface area contributed by atoms with Gasteiger partial charge in [0.1, 0.15) is 6.17 Å². The highest BCUT2D eigenvalue weighted by molar-refractivity contribution is 5.56. The monoisotopic (exact) mass is 570 g/mol. The van der Waals surface area contributed by atoms with Crippen molar-refractivity contribution in [3.05, 3.63) is 40.1 Å². The van der Waals surface area contributed by atoms with E-state index in [0.717, 1.165) is 30.0 Å². The van der Waals surface area contributed by atoms with E-state index in [1.54, 1.807) is 12.0 Å². The molecule has 6 rings (SSSR count). The maximum Gasteiger partial charge on any atom is 0.418 e. The average Bonchev–Trinajstić information content (AvgIpc) is 3.59. The molecule has 5 atom stereocenters. The number of imidazole rings is 1. The smallest absolute Gasteiger partial charge is 0.381 e. The lowest BCUT2D eigenvalue weighted by atomic mass is 9.63. The van der Waals surface area contributed by atoms with Gasteiger partial charge in [-0.15, -0.1) is 0 Å². The highest BCUT2D eigenvalue weighted by atomic mass is 19.4. The molecule has 222 valence electrons. The van der Waals surface area contributed by atoms with Crippen molar-refractivity contribution in [3.63, 3.8) is 0 Å². The summed E-state index contributed by atoms with van der Waals surface area (Å²) in [6.45, 7) is 2.78. The molecule has 0 amide bonds. The van der Waals surface area contributed by atoms with E-state index in [-0.39, 0.29) is 48.3 Å². The van der Waals surface area contributed by atoms with Crippen molar-refractivity contribution in [2.75, 3.05) is 47.1 Å². The van der Waals surface area contributed by atoms with Crippen molar-refractivity contribution in [1.82, 2.24) is 29.6 Å². The fraction of sp³-hybridized carbons (Fsp3) is 0.741. The van der Waals surface area contributed by atoms with Crippen LogP contribution < -0.4 is 16.5 Å². The summed E-state index contributed by atoms with van der Waals surface area (Å²) in [5.41, 5.74) is 5.22. The number of hydrogen-bond donors (Lipinski definition) is 2. The van der Waals surface area contributed by atoms with Crippen LogP contribution in [0, 0.1) is 11.3 Å². The number of likely N-dealkylation sites (tertiary alicyclic amines) is 1. The zero-order chi connectivity index (χ0) is 28.2. The van der Waals surface area contributed by atoms with Gasteiger partial charge < -0.3 is 9.47 Å². The Balaban J connectivity index is 1.33. The van der Waals surface area contributed by atoms with Crippen molar-refractivity contribution >= 4 is 5.52 Å². The number of pyridine rings is 1. The number of hydrogen-bond acceptors (Lipinski definition) is 7. The lowest BCUT2D eigenvalue weighted by Crippen LogP contribution is -2.55. The van der Waals surface area contributed by atoms with Crippen molar-refractivity contribution in [1.29, 1.82) is 0 Å². The van der Waals surface area contributed by atoms with Gasteiger partial charge in [-0.05, 0) is 56.7 Å². The molecule has 2 N–H and O–H groups in total. The van der Waals surface area contributed by atoms with Gasteiger partial charge in [0, 0.05) is 50.6 Å². The second-order valence-corrected chi connectivity index (χ2v) is 12.2. The Bertz CT molecular complexity index is 1280. The van der Waals surface area contributed by atoms with Gasteiger partial charge in [0.05, 0.1) is 43.2 Å². The molecule has 3 saturated heterocycles. The number of halogens is 4. The van der Waals surface area contributed by atoms with E-state index in [4.69, 9.17) is 9.47 Å². The van der Waals surface area contributed by atoms with E-state index < -0.39 is 23.6 Å². The predicted octanol–water partition coefficient (Wildman–Crippen LogP) is 2.75. The van der Waals surface area contributed by atoms with Crippen LogP contribution in [-0.4, -0.2) is 84.3 Å². The normalized spacial score (nSPS) is 31.7. The molecule has 3 aliphatic heterocycles. The Hall–Kier alpha value is -2.03. The molecule has 0 aromatic carbocycles. The number of fused-ring (bicyclic) bond motifs is 1. The molecule has 9 nitrogen and oxygen atoms in total. The molecule has 1 saturated carbocycles. The van der Waals surface area contributed by atoms with Crippen molar-refractivity contribution in [3.8, 4) is 0 Å². The maximum absolute atomic E-state index is 14.2. The largest absolute Gasteiger partial charge is 0.418 e. The average molecular weight is 571 g/mol. The number of aromatic nitrogens is 2. The third-order valence-electron chi connectivity index (χ3n) is 9.51. The number of methoxy groups -OCH3 is 1. The molecule has 4 unspecified atom stereocenters. The van der Waals surface area contributed by atoms with Crippen LogP contribution in [-0.2, 0) is 22.2 Å². The van der Waals surface area contributed by atoms with E-state index in [2.05, 4.69) is 15.8 Å². The Morgan fingerprint density at radius 1 is 1.20 bits per heavy atom. The number of nitrogens with one attached hydrogen (secondary N) is 2. The minimum absolute atomic E-state index is 0.107. The summed E-state index contributed by atoms with van der Waals surface area (Å²) >= 11 is 0. The minimum Gasteiger partial charge on any atom is -0.381 e. The Kier molecular flexibility index (Phi) is 7.49. The summed E-state index contributed by atoms with van der Waals surface area (Å²) in [7, 11) is 3.70. The van der Waals surface area contributed by atoms with E-state index in [1.165, 1.54) is 17.0 Å². The predicted molar refractivity (Wildman–Crippen MR) is 139 cm³/mol. The van der Waals surface area contributed by atoms with E-state index in [9.17, 15) is 22.4 Å². The Morgan fingerprint density at radius 2 is 2.00 bits per heavy atom. The van der Waals surface area contributed by atoms with Crippen molar-refractivity contribution in [2.45, 2.75) is 69.3 Å². The van der Waals surface area contributed by atoms with Gasteiger partial charge in [-0.25, -0.2) is 20.0 Å². The molecule has 13 heteroatoms. The third-order valence-corrected chi connectivity index (χ3v) is 9.51. The van der Waals surface area contributed by atoms with Crippen LogP contribution in [0.4, 0.5) is 17.6 Å².